The zero-order valence-corrected chi connectivity index (χ0v) is 10.9. The summed E-state index contributed by atoms with van der Waals surface area (Å²) < 4.78 is 1.90. The molecule has 0 aromatic carbocycles. The number of hydrogen-bond donors (Lipinski definition) is 1. The van der Waals surface area contributed by atoms with Crippen LogP contribution in [-0.4, -0.2) is 26.0 Å². The number of anilines is 2. The molecule has 90 valence electrons. The highest BCUT2D eigenvalue weighted by atomic mass is 32.2. The normalized spacial score (nSPS) is 10.8. The van der Waals surface area contributed by atoms with E-state index in [9.17, 15) is 0 Å². The summed E-state index contributed by atoms with van der Waals surface area (Å²) in [4.78, 5) is 8.29. The van der Waals surface area contributed by atoms with Crippen molar-refractivity contribution in [1.82, 2.24) is 19.7 Å². The smallest absolute Gasteiger partial charge is 0.134 e. The van der Waals surface area contributed by atoms with Gasteiger partial charge in [-0.3, -0.25) is 4.68 Å². The van der Waals surface area contributed by atoms with Gasteiger partial charge in [-0.1, -0.05) is 0 Å². The summed E-state index contributed by atoms with van der Waals surface area (Å²) in [5.41, 5.74) is 0.935. The monoisotopic (exact) mass is 249 g/mol. The van der Waals surface area contributed by atoms with Crippen molar-refractivity contribution in [3.63, 3.8) is 0 Å². The van der Waals surface area contributed by atoms with Crippen LogP contribution in [-0.2, 0) is 0 Å². The molecule has 5 nitrogen and oxygen atoms in total. The van der Waals surface area contributed by atoms with Crippen molar-refractivity contribution in [3.05, 3.63) is 24.8 Å². The number of thioether (sulfide) groups is 1. The summed E-state index contributed by atoms with van der Waals surface area (Å²) >= 11 is 1.59. The third kappa shape index (κ3) is 2.97. The van der Waals surface area contributed by atoms with Gasteiger partial charge in [0.1, 0.15) is 17.2 Å². The number of nitrogens with zero attached hydrogens (tertiary/aromatic N) is 4. The Balaban J connectivity index is 2.13. The van der Waals surface area contributed by atoms with Gasteiger partial charge >= 0.3 is 0 Å². The first-order valence-electron chi connectivity index (χ1n) is 5.36. The van der Waals surface area contributed by atoms with Crippen molar-refractivity contribution in [2.75, 3.05) is 11.6 Å². The minimum atomic E-state index is 0.359. The summed E-state index contributed by atoms with van der Waals surface area (Å²) in [6, 6.07) is 2.27. The Hall–Kier alpha value is -1.56. The minimum absolute atomic E-state index is 0.359. The van der Waals surface area contributed by atoms with Crippen LogP contribution < -0.4 is 5.32 Å². The van der Waals surface area contributed by atoms with Gasteiger partial charge in [-0.05, 0) is 20.1 Å². The topological polar surface area (TPSA) is 55.6 Å². The Bertz CT molecular complexity index is 494. The van der Waals surface area contributed by atoms with Gasteiger partial charge in [-0.2, -0.15) is 5.10 Å². The van der Waals surface area contributed by atoms with E-state index in [0.29, 0.717) is 6.04 Å². The number of rotatable bonds is 4. The van der Waals surface area contributed by atoms with Crippen LogP contribution in [0, 0.1) is 0 Å². The standard InChI is InChI=1S/C11H15N5S/c1-8(2)16-6-9(5-14-16)15-10-4-11(17-3)13-7-12-10/h4-8H,1-3H3,(H,12,13,15). The van der Waals surface area contributed by atoms with Crippen molar-refractivity contribution < 1.29 is 0 Å². The second kappa shape index (κ2) is 5.18. The SMILES string of the molecule is CSc1cc(Nc2cnn(C(C)C)c2)ncn1. The average Bonchev–Trinajstić information content (AvgIpc) is 2.78. The van der Waals surface area contributed by atoms with Crippen LogP contribution >= 0.6 is 11.8 Å². The fourth-order valence-electron chi connectivity index (χ4n) is 1.35. The molecule has 0 fully saturated rings. The van der Waals surface area contributed by atoms with Gasteiger partial charge in [0.2, 0.25) is 0 Å². The number of hydrogen-bond acceptors (Lipinski definition) is 5. The molecule has 0 aliphatic rings. The second-order valence-corrected chi connectivity index (χ2v) is 4.70. The first kappa shape index (κ1) is 11.9. The van der Waals surface area contributed by atoms with Crippen LogP contribution in [0.25, 0.3) is 0 Å². The van der Waals surface area contributed by atoms with E-state index >= 15 is 0 Å². The van der Waals surface area contributed by atoms with Crippen molar-refractivity contribution in [3.8, 4) is 0 Å². The first-order chi connectivity index (χ1) is 8.19. The molecule has 2 aromatic heterocycles. The summed E-state index contributed by atoms with van der Waals surface area (Å²) in [6.45, 7) is 4.18. The Morgan fingerprint density at radius 3 is 2.82 bits per heavy atom. The second-order valence-electron chi connectivity index (χ2n) is 3.87. The van der Waals surface area contributed by atoms with Gasteiger partial charge in [0.25, 0.3) is 0 Å². The Kier molecular flexibility index (Phi) is 3.63. The minimum Gasteiger partial charge on any atom is -0.338 e. The molecule has 0 radical (unpaired) electrons. The number of nitrogens with one attached hydrogen (secondary N) is 1. The molecule has 17 heavy (non-hydrogen) atoms. The van der Waals surface area contributed by atoms with Gasteiger partial charge < -0.3 is 5.32 Å². The molecule has 0 aliphatic heterocycles. The molecule has 0 saturated carbocycles. The molecule has 0 amide bonds. The van der Waals surface area contributed by atoms with Gasteiger partial charge in [0.15, 0.2) is 0 Å². The maximum Gasteiger partial charge on any atom is 0.134 e. The lowest BCUT2D eigenvalue weighted by molar-refractivity contribution is 0.532. The lowest BCUT2D eigenvalue weighted by Gasteiger charge is -2.04. The Morgan fingerprint density at radius 2 is 2.18 bits per heavy atom. The average molecular weight is 249 g/mol. The van der Waals surface area contributed by atoms with Crippen LogP contribution in [0.2, 0.25) is 0 Å². The van der Waals surface area contributed by atoms with Crippen LogP contribution in [0.5, 0.6) is 0 Å². The van der Waals surface area contributed by atoms with Crippen molar-refractivity contribution in [2.45, 2.75) is 24.9 Å². The Labute approximate surface area is 105 Å². The van der Waals surface area contributed by atoms with Crippen molar-refractivity contribution >= 4 is 23.3 Å². The highest BCUT2D eigenvalue weighted by molar-refractivity contribution is 7.98. The zero-order chi connectivity index (χ0) is 12.3. The van der Waals surface area contributed by atoms with E-state index in [0.717, 1.165) is 16.5 Å². The van der Waals surface area contributed by atoms with Gasteiger partial charge in [-0.25, -0.2) is 9.97 Å². The molecular formula is C11H15N5S. The van der Waals surface area contributed by atoms with E-state index in [1.165, 1.54) is 0 Å². The van der Waals surface area contributed by atoms with Crippen molar-refractivity contribution in [2.24, 2.45) is 0 Å². The fraction of sp³-hybridized carbons (Fsp3) is 0.364. The first-order valence-corrected chi connectivity index (χ1v) is 6.58. The van der Waals surface area contributed by atoms with E-state index in [4.69, 9.17) is 0 Å². The Morgan fingerprint density at radius 1 is 1.35 bits per heavy atom. The largest absolute Gasteiger partial charge is 0.338 e. The van der Waals surface area contributed by atoms with E-state index < -0.39 is 0 Å². The van der Waals surface area contributed by atoms with Gasteiger partial charge in [0.05, 0.1) is 11.9 Å². The predicted molar refractivity (Wildman–Crippen MR) is 69.7 cm³/mol. The summed E-state index contributed by atoms with van der Waals surface area (Å²) in [6.07, 6.45) is 7.30. The molecule has 2 rings (SSSR count). The van der Waals surface area contributed by atoms with Crippen LogP contribution in [0.1, 0.15) is 19.9 Å². The molecule has 0 unspecified atom stereocenters. The molecule has 1 N–H and O–H groups in total. The van der Waals surface area contributed by atoms with Crippen molar-refractivity contribution in [1.29, 1.82) is 0 Å². The van der Waals surface area contributed by atoms with Crippen LogP contribution in [0.4, 0.5) is 11.5 Å². The quantitative estimate of drug-likeness (QED) is 0.667. The van der Waals surface area contributed by atoms with Gasteiger partial charge in [0, 0.05) is 18.3 Å². The highest BCUT2D eigenvalue weighted by Gasteiger charge is 2.03. The third-order valence-electron chi connectivity index (χ3n) is 2.25. The molecule has 0 atom stereocenters. The summed E-state index contributed by atoms with van der Waals surface area (Å²) in [5.74, 6) is 0.785. The van der Waals surface area contributed by atoms with E-state index in [1.807, 2.05) is 23.2 Å². The van der Waals surface area contributed by atoms with Crippen LogP contribution in [0.3, 0.4) is 0 Å². The molecule has 0 spiro atoms. The maximum absolute atomic E-state index is 4.26. The number of aromatic nitrogens is 4. The van der Waals surface area contributed by atoms with E-state index in [-0.39, 0.29) is 0 Å². The van der Waals surface area contributed by atoms with Gasteiger partial charge in [-0.15, -0.1) is 11.8 Å². The lowest BCUT2D eigenvalue weighted by atomic mass is 10.4. The van der Waals surface area contributed by atoms with E-state index in [1.54, 1.807) is 24.3 Å². The highest BCUT2D eigenvalue weighted by Crippen LogP contribution is 2.18. The molecule has 0 bridgehead atoms. The maximum atomic E-state index is 4.26. The molecule has 2 heterocycles. The third-order valence-corrected chi connectivity index (χ3v) is 2.90. The summed E-state index contributed by atoms with van der Waals surface area (Å²) in [7, 11) is 0. The fourth-order valence-corrected chi connectivity index (χ4v) is 1.73. The zero-order valence-electron chi connectivity index (χ0n) is 10.1. The van der Waals surface area contributed by atoms with Crippen LogP contribution in [0.15, 0.2) is 29.8 Å². The molecule has 6 heteroatoms. The lowest BCUT2D eigenvalue weighted by Crippen LogP contribution is -2.00. The summed E-state index contributed by atoms with van der Waals surface area (Å²) in [5, 5.41) is 8.41. The predicted octanol–water partition coefficient (Wildman–Crippen LogP) is 2.72. The molecular weight excluding hydrogens is 234 g/mol. The molecule has 0 saturated heterocycles. The molecule has 0 aliphatic carbocycles. The van der Waals surface area contributed by atoms with E-state index in [2.05, 4.69) is 34.2 Å². The molecule has 2 aromatic rings.